The molecular formula is C18H28ClNO4. The highest BCUT2D eigenvalue weighted by Gasteiger charge is 2.15. The average molecular weight is 358 g/mol. The Balaban J connectivity index is 2.53. The van der Waals surface area contributed by atoms with Crippen LogP contribution in [-0.4, -0.2) is 39.4 Å². The van der Waals surface area contributed by atoms with Crippen molar-refractivity contribution in [2.75, 3.05) is 33.5 Å². The predicted molar refractivity (Wildman–Crippen MR) is 96.5 cm³/mol. The largest absolute Gasteiger partial charge is 0.493 e. The number of halogens is 1. The number of amides is 1. The number of unbranched alkanes of at least 4 members (excludes halogenated alkanes) is 1. The van der Waals surface area contributed by atoms with Crippen LogP contribution in [0.25, 0.3) is 0 Å². The van der Waals surface area contributed by atoms with Gasteiger partial charge in [-0.15, -0.1) is 0 Å². The van der Waals surface area contributed by atoms with Crippen LogP contribution < -0.4 is 14.8 Å². The lowest BCUT2D eigenvalue weighted by Gasteiger charge is -2.14. The highest BCUT2D eigenvalue weighted by atomic mass is 35.5. The SMILES string of the molecule is CCCCOCCCNC(=O)c1cc(Cl)c(OCCC)c(OC)c1. The number of rotatable bonds is 12. The number of carbonyl (C=O) groups is 1. The topological polar surface area (TPSA) is 56.8 Å². The van der Waals surface area contributed by atoms with Crippen LogP contribution >= 0.6 is 11.6 Å². The molecule has 0 saturated carbocycles. The first kappa shape index (κ1) is 20.6. The van der Waals surface area contributed by atoms with E-state index in [1.165, 1.54) is 7.11 Å². The van der Waals surface area contributed by atoms with Gasteiger partial charge in [-0.25, -0.2) is 0 Å². The summed E-state index contributed by atoms with van der Waals surface area (Å²) in [6.07, 6.45) is 3.83. The van der Waals surface area contributed by atoms with Crippen LogP contribution in [0.2, 0.25) is 5.02 Å². The number of carbonyl (C=O) groups excluding carboxylic acids is 1. The molecule has 1 N–H and O–H groups in total. The van der Waals surface area contributed by atoms with Crippen LogP contribution in [-0.2, 0) is 4.74 Å². The Bertz CT molecular complexity index is 508. The Morgan fingerprint density at radius 3 is 2.54 bits per heavy atom. The second-order valence-electron chi connectivity index (χ2n) is 5.41. The molecule has 1 rings (SSSR count). The maximum atomic E-state index is 12.2. The molecular weight excluding hydrogens is 330 g/mol. The van der Waals surface area contributed by atoms with E-state index in [0.29, 0.717) is 41.8 Å². The number of methoxy groups -OCH3 is 1. The third-order valence-corrected chi connectivity index (χ3v) is 3.62. The highest BCUT2D eigenvalue weighted by Crippen LogP contribution is 2.36. The molecule has 136 valence electrons. The number of hydrogen-bond donors (Lipinski definition) is 1. The van der Waals surface area contributed by atoms with Crippen molar-refractivity contribution in [2.24, 2.45) is 0 Å². The Morgan fingerprint density at radius 1 is 1.12 bits per heavy atom. The van der Waals surface area contributed by atoms with E-state index >= 15 is 0 Å². The normalized spacial score (nSPS) is 10.5. The van der Waals surface area contributed by atoms with Gasteiger partial charge >= 0.3 is 0 Å². The van der Waals surface area contributed by atoms with E-state index in [-0.39, 0.29) is 5.91 Å². The zero-order chi connectivity index (χ0) is 17.8. The molecule has 0 spiro atoms. The van der Waals surface area contributed by atoms with Gasteiger partial charge in [-0.05, 0) is 31.4 Å². The van der Waals surface area contributed by atoms with E-state index in [2.05, 4.69) is 12.2 Å². The summed E-state index contributed by atoms with van der Waals surface area (Å²) in [5, 5.41) is 3.23. The van der Waals surface area contributed by atoms with Crippen molar-refractivity contribution in [3.63, 3.8) is 0 Å². The van der Waals surface area contributed by atoms with Gasteiger partial charge in [0.15, 0.2) is 11.5 Å². The molecule has 0 heterocycles. The smallest absolute Gasteiger partial charge is 0.251 e. The van der Waals surface area contributed by atoms with E-state index in [1.807, 2.05) is 6.92 Å². The third kappa shape index (κ3) is 6.97. The van der Waals surface area contributed by atoms with Crippen molar-refractivity contribution in [3.8, 4) is 11.5 Å². The van der Waals surface area contributed by atoms with Crippen molar-refractivity contribution in [1.29, 1.82) is 0 Å². The van der Waals surface area contributed by atoms with Crippen LogP contribution in [0.1, 0.15) is 49.9 Å². The summed E-state index contributed by atoms with van der Waals surface area (Å²) in [5.41, 5.74) is 0.451. The van der Waals surface area contributed by atoms with Gasteiger partial charge in [0.1, 0.15) is 0 Å². The molecule has 0 radical (unpaired) electrons. The molecule has 0 fully saturated rings. The molecule has 24 heavy (non-hydrogen) atoms. The van der Waals surface area contributed by atoms with E-state index in [1.54, 1.807) is 12.1 Å². The minimum Gasteiger partial charge on any atom is -0.493 e. The quantitative estimate of drug-likeness (QED) is 0.573. The first-order chi connectivity index (χ1) is 11.6. The van der Waals surface area contributed by atoms with Crippen LogP contribution in [0.3, 0.4) is 0 Å². The van der Waals surface area contributed by atoms with Crippen LogP contribution in [0.4, 0.5) is 0 Å². The number of nitrogens with one attached hydrogen (secondary N) is 1. The first-order valence-corrected chi connectivity index (χ1v) is 8.88. The first-order valence-electron chi connectivity index (χ1n) is 8.50. The molecule has 0 saturated heterocycles. The lowest BCUT2D eigenvalue weighted by molar-refractivity contribution is 0.0940. The predicted octanol–water partition coefficient (Wildman–Crippen LogP) is 4.07. The molecule has 1 amide bonds. The highest BCUT2D eigenvalue weighted by molar-refractivity contribution is 6.32. The summed E-state index contributed by atoms with van der Waals surface area (Å²) in [6.45, 7) is 6.65. The van der Waals surface area contributed by atoms with Gasteiger partial charge in [-0.3, -0.25) is 4.79 Å². The molecule has 1 aromatic carbocycles. The monoisotopic (exact) mass is 357 g/mol. The molecule has 0 aromatic heterocycles. The van der Waals surface area contributed by atoms with Crippen LogP contribution in [0.15, 0.2) is 12.1 Å². The Labute approximate surface area is 149 Å². The van der Waals surface area contributed by atoms with Crippen LogP contribution in [0, 0.1) is 0 Å². The zero-order valence-electron chi connectivity index (χ0n) is 14.8. The summed E-state index contributed by atoms with van der Waals surface area (Å²) in [5.74, 6) is 0.747. The second kappa shape index (κ2) is 12.0. The van der Waals surface area contributed by atoms with Crippen molar-refractivity contribution in [2.45, 2.75) is 39.5 Å². The van der Waals surface area contributed by atoms with E-state index in [0.717, 1.165) is 32.3 Å². The fourth-order valence-corrected chi connectivity index (χ4v) is 2.29. The standard InChI is InChI=1S/C18H28ClNO4/c1-4-6-10-23-11-7-8-20-18(21)14-12-15(19)17(24-9-5-2)16(13-14)22-3/h12-13H,4-11H2,1-3H3,(H,20,21). The summed E-state index contributed by atoms with van der Waals surface area (Å²) in [4.78, 5) is 12.2. The summed E-state index contributed by atoms with van der Waals surface area (Å²) in [6, 6.07) is 3.24. The van der Waals surface area contributed by atoms with Crippen molar-refractivity contribution >= 4 is 17.5 Å². The molecule has 5 nitrogen and oxygen atoms in total. The molecule has 0 atom stereocenters. The number of hydrogen-bond acceptors (Lipinski definition) is 4. The fourth-order valence-electron chi connectivity index (χ4n) is 2.02. The Morgan fingerprint density at radius 2 is 1.88 bits per heavy atom. The van der Waals surface area contributed by atoms with Gasteiger partial charge in [0, 0.05) is 25.3 Å². The minimum absolute atomic E-state index is 0.189. The number of benzene rings is 1. The zero-order valence-corrected chi connectivity index (χ0v) is 15.6. The molecule has 0 unspecified atom stereocenters. The summed E-state index contributed by atoms with van der Waals surface area (Å²) in [7, 11) is 1.53. The van der Waals surface area contributed by atoms with Gasteiger partial charge in [0.25, 0.3) is 5.91 Å². The average Bonchev–Trinajstić information content (AvgIpc) is 2.59. The van der Waals surface area contributed by atoms with Crippen molar-refractivity contribution in [3.05, 3.63) is 22.7 Å². The molecule has 0 aliphatic rings. The van der Waals surface area contributed by atoms with Gasteiger partial charge < -0.3 is 19.5 Å². The fraction of sp³-hybridized carbons (Fsp3) is 0.611. The third-order valence-electron chi connectivity index (χ3n) is 3.34. The van der Waals surface area contributed by atoms with E-state index in [4.69, 9.17) is 25.8 Å². The lowest BCUT2D eigenvalue weighted by atomic mass is 10.2. The number of ether oxygens (including phenoxy) is 3. The van der Waals surface area contributed by atoms with Gasteiger partial charge in [-0.1, -0.05) is 31.9 Å². The Hall–Kier alpha value is -1.46. The maximum Gasteiger partial charge on any atom is 0.251 e. The second-order valence-corrected chi connectivity index (χ2v) is 5.82. The minimum atomic E-state index is -0.189. The molecule has 0 aliphatic carbocycles. The molecule has 0 aliphatic heterocycles. The van der Waals surface area contributed by atoms with Gasteiger partial charge in [0.2, 0.25) is 0 Å². The Kier molecular flexibility index (Phi) is 10.3. The van der Waals surface area contributed by atoms with Crippen molar-refractivity contribution < 1.29 is 19.0 Å². The van der Waals surface area contributed by atoms with Crippen molar-refractivity contribution in [1.82, 2.24) is 5.32 Å². The molecule has 0 bridgehead atoms. The van der Waals surface area contributed by atoms with Gasteiger partial charge in [0.05, 0.1) is 18.7 Å². The maximum absolute atomic E-state index is 12.2. The molecule has 6 heteroatoms. The lowest BCUT2D eigenvalue weighted by Crippen LogP contribution is -2.25. The summed E-state index contributed by atoms with van der Waals surface area (Å²) >= 11 is 6.22. The van der Waals surface area contributed by atoms with E-state index in [9.17, 15) is 4.79 Å². The summed E-state index contributed by atoms with van der Waals surface area (Å²) < 4.78 is 16.3. The molecule has 1 aromatic rings. The van der Waals surface area contributed by atoms with E-state index < -0.39 is 0 Å². The van der Waals surface area contributed by atoms with Gasteiger partial charge in [-0.2, -0.15) is 0 Å². The van der Waals surface area contributed by atoms with Crippen LogP contribution in [0.5, 0.6) is 11.5 Å².